The SMILES string of the molecule is CC(C)(C)CN(CC(=O)Nc1ccc(-n2ccnc2)cc1)c1ccnc(C#N)n1. The van der Waals surface area contributed by atoms with Crippen molar-refractivity contribution < 1.29 is 4.79 Å². The number of anilines is 2. The summed E-state index contributed by atoms with van der Waals surface area (Å²) >= 11 is 0. The lowest BCUT2D eigenvalue weighted by molar-refractivity contribution is -0.115. The Hall–Kier alpha value is -3.73. The Morgan fingerprint density at radius 2 is 1.97 bits per heavy atom. The molecule has 0 spiro atoms. The standard InChI is InChI=1S/C21H23N7O/c1-21(2,3)14-28(19-8-9-24-18(12-22)26-19)13-20(29)25-16-4-6-17(7-5-16)27-11-10-23-15-27/h4-11,15H,13-14H2,1-3H3,(H,25,29). The summed E-state index contributed by atoms with van der Waals surface area (Å²) in [6.07, 6.45) is 6.82. The molecule has 3 rings (SSSR count). The van der Waals surface area contributed by atoms with E-state index >= 15 is 0 Å². The molecule has 0 aliphatic heterocycles. The van der Waals surface area contributed by atoms with Crippen LogP contribution in [0.25, 0.3) is 5.69 Å². The van der Waals surface area contributed by atoms with Crippen LogP contribution < -0.4 is 10.2 Å². The van der Waals surface area contributed by atoms with Gasteiger partial charge in [-0.25, -0.2) is 15.0 Å². The van der Waals surface area contributed by atoms with Crippen LogP contribution in [0, 0.1) is 16.7 Å². The van der Waals surface area contributed by atoms with Gasteiger partial charge in [0.05, 0.1) is 12.9 Å². The van der Waals surface area contributed by atoms with E-state index in [1.807, 2.05) is 46.0 Å². The van der Waals surface area contributed by atoms with Crippen molar-refractivity contribution in [3.8, 4) is 11.8 Å². The number of amides is 1. The Labute approximate surface area is 169 Å². The molecule has 0 atom stereocenters. The molecule has 0 fully saturated rings. The largest absolute Gasteiger partial charge is 0.347 e. The molecule has 3 aromatic rings. The van der Waals surface area contributed by atoms with Gasteiger partial charge in [-0.1, -0.05) is 20.8 Å². The van der Waals surface area contributed by atoms with Crippen molar-refractivity contribution in [2.45, 2.75) is 20.8 Å². The Balaban J connectivity index is 1.71. The lowest BCUT2D eigenvalue weighted by Crippen LogP contribution is -2.39. The lowest BCUT2D eigenvalue weighted by atomic mass is 9.96. The van der Waals surface area contributed by atoms with Gasteiger partial charge < -0.3 is 14.8 Å². The van der Waals surface area contributed by atoms with Gasteiger partial charge in [-0.05, 0) is 35.7 Å². The van der Waals surface area contributed by atoms with E-state index in [-0.39, 0.29) is 23.7 Å². The molecule has 1 aromatic carbocycles. The van der Waals surface area contributed by atoms with Crippen LogP contribution in [-0.2, 0) is 4.79 Å². The quantitative estimate of drug-likeness (QED) is 0.696. The van der Waals surface area contributed by atoms with Gasteiger partial charge in [-0.3, -0.25) is 4.79 Å². The fourth-order valence-corrected chi connectivity index (χ4v) is 2.87. The number of hydrogen-bond donors (Lipinski definition) is 1. The summed E-state index contributed by atoms with van der Waals surface area (Å²) in [5, 5.41) is 12.0. The highest BCUT2D eigenvalue weighted by Gasteiger charge is 2.21. The smallest absolute Gasteiger partial charge is 0.243 e. The van der Waals surface area contributed by atoms with Crippen LogP contribution in [0.3, 0.4) is 0 Å². The van der Waals surface area contributed by atoms with Crippen molar-refractivity contribution in [3.05, 3.63) is 61.1 Å². The van der Waals surface area contributed by atoms with Gasteiger partial charge in [0.2, 0.25) is 11.7 Å². The van der Waals surface area contributed by atoms with Gasteiger partial charge in [-0.2, -0.15) is 5.26 Å². The van der Waals surface area contributed by atoms with Gasteiger partial charge in [0.1, 0.15) is 11.9 Å². The number of nitrogens with one attached hydrogen (secondary N) is 1. The Kier molecular flexibility index (Phi) is 5.88. The highest BCUT2D eigenvalue weighted by Crippen LogP contribution is 2.20. The number of carbonyl (C=O) groups is 1. The molecule has 1 N–H and O–H groups in total. The van der Waals surface area contributed by atoms with Crippen LogP contribution >= 0.6 is 0 Å². The molecule has 0 aliphatic rings. The third kappa shape index (κ3) is 5.62. The zero-order valence-corrected chi connectivity index (χ0v) is 16.7. The van der Waals surface area contributed by atoms with Crippen molar-refractivity contribution in [2.75, 3.05) is 23.3 Å². The number of imidazole rings is 1. The minimum Gasteiger partial charge on any atom is -0.347 e. The Morgan fingerprint density at radius 1 is 1.21 bits per heavy atom. The van der Waals surface area contributed by atoms with Crippen LogP contribution in [0.4, 0.5) is 11.5 Å². The number of benzene rings is 1. The maximum Gasteiger partial charge on any atom is 0.243 e. The minimum absolute atomic E-state index is 0.0650. The third-order valence-electron chi connectivity index (χ3n) is 4.02. The molecule has 1 amide bonds. The molecule has 0 radical (unpaired) electrons. The Bertz CT molecular complexity index is 999. The molecule has 2 aromatic heterocycles. The maximum atomic E-state index is 12.7. The van der Waals surface area contributed by atoms with E-state index in [2.05, 4.69) is 41.0 Å². The van der Waals surface area contributed by atoms with E-state index in [1.54, 1.807) is 18.6 Å². The van der Waals surface area contributed by atoms with E-state index in [1.165, 1.54) is 6.20 Å². The first-order chi connectivity index (χ1) is 13.8. The average Bonchev–Trinajstić information content (AvgIpc) is 3.22. The number of aromatic nitrogens is 4. The highest BCUT2D eigenvalue weighted by atomic mass is 16.2. The highest BCUT2D eigenvalue weighted by molar-refractivity contribution is 5.94. The Morgan fingerprint density at radius 3 is 2.59 bits per heavy atom. The van der Waals surface area contributed by atoms with Crippen LogP contribution in [0.2, 0.25) is 0 Å². The predicted octanol–water partition coefficient (Wildman–Crippen LogP) is 3.03. The molecule has 0 saturated carbocycles. The third-order valence-corrected chi connectivity index (χ3v) is 4.02. The zero-order valence-electron chi connectivity index (χ0n) is 16.7. The molecule has 2 heterocycles. The average molecular weight is 389 g/mol. The topological polar surface area (TPSA) is 99.7 Å². The number of carbonyl (C=O) groups excluding carboxylic acids is 1. The van der Waals surface area contributed by atoms with Crippen LogP contribution in [0.1, 0.15) is 26.6 Å². The van der Waals surface area contributed by atoms with Crippen molar-refractivity contribution in [1.82, 2.24) is 19.5 Å². The summed E-state index contributed by atoms with van der Waals surface area (Å²) < 4.78 is 1.89. The van der Waals surface area contributed by atoms with Crippen LogP contribution in [-0.4, -0.2) is 38.5 Å². The minimum atomic E-state index is -0.165. The molecule has 0 saturated heterocycles. The van der Waals surface area contributed by atoms with E-state index in [9.17, 15) is 4.79 Å². The number of hydrogen-bond acceptors (Lipinski definition) is 6. The second-order valence-corrected chi connectivity index (χ2v) is 7.83. The van der Waals surface area contributed by atoms with Gasteiger partial charge in [-0.15, -0.1) is 0 Å². The van der Waals surface area contributed by atoms with Crippen molar-refractivity contribution in [3.63, 3.8) is 0 Å². The summed E-state index contributed by atoms with van der Waals surface area (Å²) in [5.74, 6) is 0.468. The summed E-state index contributed by atoms with van der Waals surface area (Å²) in [4.78, 5) is 26.7. The fourth-order valence-electron chi connectivity index (χ4n) is 2.87. The van der Waals surface area contributed by atoms with Crippen molar-refractivity contribution in [1.29, 1.82) is 5.26 Å². The van der Waals surface area contributed by atoms with Crippen molar-refractivity contribution in [2.24, 2.45) is 5.41 Å². The summed E-state index contributed by atoms with van der Waals surface area (Å²) in [5.41, 5.74) is 1.60. The van der Waals surface area contributed by atoms with Crippen LogP contribution in [0.15, 0.2) is 55.2 Å². The van der Waals surface area contributed by atoms with E-state index < -0.39 is 0 Å². The molecular weight excluding hydrogens is 366 g/mol. The molecule has 148 valence electrons. The molecule has 8 heteroatoms. The molecule has 29 heavy (non-hydrogen) atoms. The molecule has 0 aliphatic carbocycles. The van der Waals surface area contributed by atoms with Crippen LogP contribution in [0.5, 0.6) is 0 Å². The maximum absolute atomic E-state index is 12.7. The molecular formula is C21H23N7O. The zero-order chi connectivity index (χ0) is 20.9. The van der Waals surface area contributed by atoms with Gasteiger partial charge in [0.15, 0.2) is 0 Å². The summed E-state index contributed by atoms with van der Waals surface area (Å²) in [6.45, 7) is 6.96. The van der Waals surface area contributed by atoms with Gasteiger partial charge in [0, 0.05) is 36.5 Å². The first-order valence-electron chi connectivity index (χ1n) is 9.20. The van der Waals surface area contributed by atoms with E-state index in [0.717, 1.165) is 5.69 Å². The second-order valence-electron chi connectivity index (χ2n) is 7.83. The number of nitriles is 1. The van der Waals surface area contributed by atoms with E-state index in [4.69, 9.17) is 5.26 Å². The predicted molar refractivity (Wildman–Crippen MR) is 111 cm³/mol. The van der Waals surface area contributed by atoms with Crippen molar-refractivity contribution >= 4 is 17.4 Å². The summed E-state index contributed by atoms with van der Waals surface area (Å²) in [6, 6.07) is 11.2. The first-order valence-corrected chi connectivity index (χ1v) is 9.20. The monoisotopic (exact) mass is 389 g/mol. The van der Waals surface area contributed by atoms with Gasteiger partial charge >= 0.3 is 0 Å². The fraction of sp³-hybridized carbons (Fsp3) is 0.286. The number of nitrogens with zero attached hydrogens (tertiary/aromatic N) is 6. The normalized spacial score (nSPS) is 11.0. The molecule has 0 unspecified atom stereocenters. The number of rotatable bonds is 6. The van der Waals surface area contributed by atoms with Gasteiger partial charge in [0.25, 0.3) is 0 Å². The first kappa shape index (κ1) is 20.0. The summed E-state index contributed by atoms with van der Waals surface area (Å²) in [7, 11) is 0. The second kappa shape index (κ2) is 8.52. The molecule has 0 bridgehead atoms. The molecule has 8 nitrogen and oxygen atoms in total. The lowest BCUT2D eigenvalue weighted by Gasteiger charge is -2.30. The van der Waals surface area contributed by atoms with E-state index in [0.29, 0.717) is 18.1 Å².